The van der Waals surface area contributed by atoms with Crippen LogP contribution in [-0.4, -0.2) is 12.7 Å². The molecule has 2 nitrogen and oxygen atoms in total. The van der Waals surface area contributed by atoms with E-state index in [1.807, 2.05) is 0 Å². The van der Waals surface area contributed by atoms with E-state index in [9.17, 15) is 0 Å². The molecule has 66 valence electrons. The molecule has 1 aliphatic carbocycles. The number of hydrogen-bond donors (Lipinski definition) is 0. The van der Waals surface area contributed by atoms with E-state index in [0.29, 0.717) is 5.92 Å². The highest BCUT2D eigenvalue weighted by Gasteiger charge is 2.42. The van der Waals surface area contributed by atoms with Crippen molar-refractivity contribution in [3.05, 3.63) is 24.3 Å². The zero-order valence-corrected chi connectivity index (χ0v) is 7.49. The van der Waals surface area contributed by atoms with Gasteiger partial charge >= 0.3 is 0 Å². The van der Waals surface area contributed by atoms with Gasteiger partial charge in [0.1, 0.15) is 12.7 Å². The van der Waals surface area contributed by atoms with Crippen LogP contribution in [0.3, 0.4) is 0 Å². The first-order valence-corrected chi connectivity index (χ1v) is 4.38. The molecule has 1 aliphatic heterocycles. The van der Waals surface area contributed by atoms with Crippen LogP contribution in [0.1, 0.15) is 13.8 Å². The van der Waals surface area contributed by atoms with Gasteiger partial charge in [-0.25, -0.2) is 9.78 Å². The Kier molecular flexibility index (Phi) is 1.81. The molecule has 12 heavy (non-hydrogen) atoms. The lowest BCUT2D eigenvalue weighted by Gasteiger charge is -2.43. The molecule has 1 fully saturated rings. The average Bonchev–Trinajstić information content (AvgIpc) is 1.92. The van der Waals surface area contributed by atoms with Crippen LogP contribution in [0.15, 0.2) is 24.3 Å². The molecule has 0 radical (unpaired) electrons. The topological polar surface area (TPSA) is 18.5 Å². The first-order chi connectivity index (χ1) is 5.73. The predicted octanol–water partition coefficient (Wildman–Crippen LogP) is 2.09. The Hall–Kier alpha value is -0.600. The SMILES string of the molecule is CC1C=CC=CC1(C)C1COO1. The fourth-order valence-corrected chi connectivity index (χ4v) is 1.67. The third-order valence-electron chi connectivity index (χ3n) is 3.04. The van der Waals surface area contributed by atoms with E-state index in [1.54, 1.807) is 0 Å². The van der Waals surface area contributed by atoms with Gasteiger partial charge in [0.15, 0.2) is 0 Å². The zero-order chi connectivity index (χ0) is 8.60. The summed E-state index contributed by atoms with van der Waals surface area (Å²) in [5, 5.41) is 0. The summed E-state index contributed by atoms with van der Waals surface area (Å²) in [6.45, 7) is 5.14. The van der Waals surface area contributed by atoms with Crippen molar-refractivity contribution in [1.29, 1.82) is 0 Å². The normalized spacial score (nSPS) is 45.8. The molecule has 2 heteroatoms. The second-order valence-electron chi connectivity index (χ2n) is 3.77. The van der Waals surface area contributed by atoms with Crippen LogP contribution >= 0.6 is 0 Å². The Bertz CT molecular complexity index is 228. The van der Waals surface area contributed by atoms with E-state index in [1.165, 1.54) is 0 Å². The smallest absolute Gasteiger partial charge is 0.129 e. The van der Waals surface area contributed by atoms with Gasteiger partial charge in [0.25, 0.3) is 0 Å². The third kappa shape index (κ3) is 1.03. The maximum absolute atomic E-state index is 5.06. The first-order valence-electron chi connectivity index (χ1n) is 4.38. The van der Waals surface area contributed by atoms with Crippen LogP contribution < -0.4 is 0 Å². The maximum Gasteiger partial charge on any atom is 0.129 e. The molecule has 1 heterocycles. The van der Waals surface area contributed by atoms with Crippen LogP contribution in [0.4, 0.5) is 0 Å². The Morgan fingerprint density at radius 2 is 2.17 bits per heavy atom. The molecular weight excluding hydrogens is 152 g/mol. The summed E-state index contributed by atoms with van der Waals surface area (Å²) in [5.74, 6) is 0.524. The monoisotopic (exact) mass is 166 g/mol. The van der Waals surface area contributed by atoms with Crippen LogP contribution in [0.5, 0.6) is 0 Å². The van der Waals surface area contributed by atoms with Crippen molar-refractivity contribution in [2.24, 2.45) is 11.3 Å². The van der Waals surface area contributed by atoms with Crippen molar-refractivity contribution >= 4 is 0 Å². The molecule has 0 saturated carbocycles. The number of allylic oxidation sites excluding steroid dienone is 3. The quantitative estimate of drug-likeness (QED) is 0.555. The van der Waals surface area contributed by atoms with Crippen LogP contribution in [0, 0.1) is 11.3 Å². The maximum atomic E-state index is 5.06. The van der Waals surface area contributed by atoms with Crippen molar-refractivity contribution < 1.29 is 9.78 Å². The van der Waals surface area contributed by atoms with E-state index < -0.39 is 0 Å². The second kappa shape index (κ2) is 2.71. The molecule has 3 atom stereocenters. The molecule has 0 N–H and O–H groups in total. The molecule has 0 amide bonds. The van der Waals surface area contributed by atoms with Crippen molar-refractivity contribution in [2.45, 2.75) is 20.0 Å². The van der Waals surface area contributed by atoms with Gasteiger partial charge in [0.2, 0.25) is 0 Å². The van der Waals surface area contributed by atoms with E-state index in [2.05, 4.69) is 38.2 Å². The summed E-state index contributed by atoms with van der Waals surface area (Å²) >= 11 is 0. The Labute approximate surface area is 72.8 Å². The molecule has 3 unspecified atom stereocenters. The van der Waals surface area contributed by atoms with E-state index in [-0.39, 0.29) is 11.5 Å². The highest BCUT2D eigenvalue weighted by Crippen LogP contribution is 2.40. The van der Waals surface area contributed by atoms with Crippen molar-refractivity contribution in [3.8, 4) is 0 Å². The Morgan fingerprint density at radius 1 is 1.42 bits per heavy atom. The van der Waals surface area contributed by atoms with Crippen molar-refractivity contribution in [1.82, 2.24) is 0 Å². The summed E-state index contributed by atoms with van der Waals surface area (Å²) in [6.07, 6.45) is 8.83. The van der Waals surface area contributed by atoms with Crippen molar-refractivity contribution in [2.75, 3.05) is 6.61 Å². The molecular formula is C10H14O2. The van der Waals surface area contributed by atoms with Gasteiger partial charge in [0.05, 0.1) is 0 Å². The minimum absolute atomic E-state index is 0.118. The van der Waals surface area contributed by atoms with E-state index in [4.69, 9.17) is 9.78 Å². The molecule has 2 aliphatic rings. The Balaban J connectivity index is 2.17. The van der Waals surface area contributed by atoms with Gasteiger partial charge in [-0.05, 0) is 5.92 Å². The standard InChI is InChI=1S/C10H14O2/c1-8-5-3-4-6-10(8,2)9-7-11-12-9/h3-6,8-9H,7H2,1-2H3. The third-order valence-corrected chi connectivity index (χ3v) is 3.04. The summed E-state index contributed by atoms with van der Waals surface area (Å²) < 4.78 is 0. The molecule has 1 saturated heterocycles. The van der Waals surface area contributed by atoms with Crippen LogP contribution in [-0.2, 0) is 9.78 Å². The molecule has 0 bridgehead atoms. The van der Waals surface area contributed by atoms with Gasteiger partial charge in [0, 0.05) is 5.41 Å². The zero-order valence-electron chi connectivity index (χ0n) is 7.49. The minimum atomic E-state index is 0.118. The lowest BCUT2D eigenvalue weighted by Crippen LogP contribution is -2.47. The van der Waals surface area contributed by atoms with Gasteiger partial charge in [-0.1, -0.05) is 38.2 Å². The molecule has 2 rings (SSSR count). The fourth-order valence-electron chi connectivity index (χ4n) is 1.67. The van der Waals surface area contributed by atoms with E-state index in [0.717, 1.165) is 6.61 Å². The molecule has 0 spiro atoms. The van der Waals surface area contributed by atoms with Crippen LogP contribution in [0.25, 0.3) is 0 Å². The second-order valence-corrected chi connectivity index (χ2v) is 3.77. The summed E-state index contributed by atoms with van der Waals surface area (Å²) in [6, 6.07) is 0. The summed E-state index contributed by atoms with van der Waals surface area (Å²) in [4.78, 5) is 9.80. The number of rotatable bonds is 1. The average molecular weight is 166 g/mol. The lowest BCUT2D eigenvalue weighted by atomic mass is 9.71. The molecule has 0 aromatic heterocycles. The number of hydrogen-bond acceptors (Lipinski definition) is 2. The summed E-state index contributed by atoms with van der Waals surface area (Å²) in [5.41, 5.74) is 0.118. The Morgan fingerprint density at radius 3 is 2.67 bits per heavy atom. The highest BCUT2D eigenvalue weighted by molar-refractivity contribution is 5.20. The highest BCUT2D eigenvalue weighted by atomic mass is 17.2. The molecule has 0 aromatic rings. The van der Waals surface area contributed by atoms with Crippen LogP contribution in [0.2, 0.25) is 0 Å². The first kappa shape index (κ1) is 8.02. The van der Waals surface area contributed by atoms with Gasteiger partial charge in [-0.3, -0.25) is 0 Å². The molecule has 0 aromatic carbocycles. The summed E-state index contributed by atoms with van der Waals surface area (Å²) in [7, 11) is 0. The largest absolute Gasteiger partial charge is 0.233 e. The van der Waals surface area contributed by atoms with Gasteiger partial charge < -0.3 is 0 Å². The fraction of sp³-hybridized carbons (Fsp3) is 0.600. The minimum Gasteiger partial charge on any atom is -0.233 e. The van der Waals surface area contributed by atoms with E-state index >= 15 is 0 Å². The van der Waals surface area contributed by atoms with Gasteiger partial charge in [-0.15, -0.1) is 0 Å². The lowest BCUT2D eigenvalue weighted by molar-refractivity contribution is -0.443. The van der Waals surface area contributed by atoms with Crippen molar-refractivity contribution in [3.63, 3.8) is 0 Å². The predicted molar refractivity (Wildman–Crippen MR) is 46.4 cm³/mol. The van der Waals surface area contributed by atoms with Gasteiger partial charge in [-0.2, -0.15) is 0 Å².